The van der Waals surface area contributed by atoms with Gasteiger partial charge in [0.1, 0.15) is 24.7 Å². The molecule has 1 aromatic heterocycles. The van der Waals surface area contributed by atoms with Gasteiger partial charge in [-0.15, -0.1) is 0 Å². The molecular formula is C15H17NO3. The van der Waals surface area contributed by atoms with Gasteiger partial charge in [-0.1, -0.05) is 18.2 Å². The smallest absolute Gasteiger partial charge is 0.137 e. The first-order chi connectivity index (χ1) is 9.29. The van der Waals surface area contributed by atoms with Crippen molar-refractivity contribution in [2.24, 2.45) is 0 Å². The highest BCUT2D eigenvalue weighted by atomic mass is 16.5. The average molecular weight is 259 g/mol. The van der Waals surface area contributed by atoms with E-state index in [2.05, 4.69) is 4.98 Å². The number of ether oxygens (including phenoxy) is 2. The molecule has 0 radical (unpaired) electrons. The van der Waals surface area contributed by atoms with E-state index < -0.39 is 0 Å². The molecule has 0 aliphatic carbocycles. The normalized spacial score (nSPS) is 10.2. The molecule has 4 heteroatoms. The molecule has 2 rings (SSSR count). The maximum Gasteiger partial charge on any atom is 0.137 e. The molecule has 0 amide bonds. The number of aromatic nitrogens is 1. The highest BCUT2D eigenvalue weighted by molar-refractivity contribution is 5.31. The molecule has 1 N–H and O–H groups in total. The maximum absolute atomic E-state index is 8.87. The molecule has 1 aromatic carbocycles. The molecule has 100 valence electrons. The Hall–Kier alpha value is -2.07. The Morgan fingerprint density at radius 1 is 1.05 bits per heavy atom. The summed E-state index contributed by atoms with van der Waals surface area (Å²) in [5, 5.41) is 8.87. The summed E-state index contributed by atoms with van der Waals surface area (Å²) in [7, 11) is 0. The van der Waals surface area contributed by atoms with Gasteiger partial charge in [0.15, 0.2) is 0 Å². The van der Waals surface area contributed by atoms with Gasteiger partial charge in [0, 0.05) is 0 Å². The second-order valence-electron chi connectivity index (χ2n) is 4.11. The Kier molecular flexibility index (Phi) is 4.75. The lowest BCUT2D eigenvalue weighted by atomic mass is 10.2. The van der Waals surface area contributed by atoms with Crippen LogP contribution in [0.2, 0.25) is 0 Å². The van der Waals surface area contributed by atoms with E-state index in [-0.39, 0.29) is 6.61 Å². The lowest BCUT2D eigenvalue weighted by Gasteiger charge is -2.10. The van der Waals surface area contributed by atoms with Crippen molar-refractivity contribution < 1.29 is 14.6 Å². The number of rotatable bonds is 6. The first-order valence-electron chi connectivity index (χ1n) is 6.16. The summed E-state index contributed by atoms with van der Waals surface area (Å²) in [5.41, 5.74) is 1.74. The van der Waals surface area contributed by atoms with Crippen LogP contribution in [0.15, 0.2) is 42.6 Å². The lowest BCUT2D eigenvalue weighted by molar-refractivity contribution is 0.215. The van der Waals surface area contributed by atoms with Crippen LogP contribution in [0.4, 0.5) is 0 Å². The Balaban J connectivity index is 1.76. The summed E-state index contributed by atoms with van der Waals surface area (Å²) in [6.07, 6.45) is 1.60. The molecule has 0 saturated carbocycles. The molecule has 19 heavy (non-hydrogen) atoms. The van der Waals surface area contributed by atoms with Crippen LogP contribution in [0.5, 0.6) is 11.5 Å². The first kappa shape index (κ1) is 13.4. The van der Waals surface area contributed by atoms with E-state index >= 15 is 0 Å². The van der Waals surface area contributed by atoms with E-state index in [0.29, 0.717) is 24.7 Å². The summed E-state index contributed by atoms with van der Waals surface area (Å²) in [6, 6.07) is 11.4. The van der Waals surface area contributed by atoms with Crippen LogP contribution in [0, 0.1) is 6.92 Å². The van der Waals surface area contributed by atoms with Crippen molar-refractivity contribution in [2.75, 3.05) is 13.2 Å². The first-order valence-corrected chi connectivity index (χ1v) is 6.16. The van der Waals surface area contributed by atoms with Crippen molar-refractivity contribution >= 4 is 0 Å². The third-order valence-electron chi connectivity index (χ3n) is 2.66. The van der Waals surface area contributed by atoms with E-state index in [9.17, 15) is 0 Å². The number of aliphatic hydroxyl groups is 1. The number of hydrogen-bond donors (Lipinski definition) is 1. The quantitative estimate of drug-likeness (QED) is 0.809. The molecule has 2 aromatic rings. The Bertz CT molecular complexity index is 511. The number of pyridine rings is 1. The number of para-hydroxylation sites is 1. The molecule has 0 bridgehead atoms. The van der Waals surface area contributed by atoms with Gasteiger partial charge in [0.25, 0.3) is 0 Å². The van der Waals surface area contributed by atoms with Gasteiger partial charge in [0.05, 0.1) is 18.5 Å². The second kappa shape index (κ2) is 6.75. The summed E-state index contributed by atoms with van der Waals surface area (Å²) >= 11 is 0. The summed E-state index contributed by atoms with van der Waals surface area (Å²) < 4.78 is 11.1. The molecule has 4 nitrogen and oxygen atoms in total. The SMILES string of the molecule is Cc1ccccc1OCCOc1ccc(CO)nc1. The minimum Gasteiger partial charge on any atom is -0.490 e. The van der Waals surface area contributed by atoms with E-state index in [1.54, 1.807) is 18.3 Å². The third-order valence-corrected chi connectivity index (χ3v) is 2.66. The van der Waals surface area contributed by atoms with Gasteiger partial charge in [-0.05, 0) is 30.7 Å². The van der Waals surface area contributed by atoms with Gasteiger partial charge >= 0.3 is 0 Å². The number of aryl methyl sites for hydroxylation is 1. The van der Waals surface area contributed by atoms with Crippen LogP contribution >= 0.6 is 0 Å². The molecule has 0 fully saturated rings. The molecule has 0 unspecified atom stereocenters. The van der Waals surface area contributed by atoms with Crippen molar-refractivity contribution in [1.82, 2.24) is 4.98 Å². The van der Waals surface area contributed by atoms with Gasteiger partial charge in [-0.3, -0.25) is 4.98 Å². The molecule has 0 aliphatic heterocycles. The fourth-order valence-corrected chi connectivity index (χ4v) is 1.62. The Morgan fingerprint density at radius 3 is 2.53 bits per heavy atom. The molecule has 0 spiro atoms. The van der Waals surface area contributed by atoms with E-state index in [1.807, 2.05) is 31.2 Å². The van der Waals surface area contributed by atoms with Crippen molar-refractivity contribution in [3.63, 3.8) is 0 Å². The van der Waals surface area contributed by atoms with Gasteiger partial charge < -0.3 is 14.6 Å². The summed E-state index contributed by atoms with van der Waals surface area (Å²) in [5.74, 6) is 1.55. The maximum atomic E-state index is 8.87. The molecule has 0 atom stereocenters. The third kappa shape index (κ3) is 3.96. The summed E-state index contributed by atoms with van der Waals surface area (Å²) in [6.45, 7) is 2.88. The van der Waals surface area contributed by atoms with Gasteiger partial charge in [-0.2, -0.15) is 0 Å². The van der Waals surface area contributed by atoms with Crippen LogP contribution in [0.25, 0.3) is 0 Å². The predicted molar refractivity (Wildman–Crippen MR) is 72.3 cm³/mol. The molecule has 0 saturated heterocycles. The van der Waals surface area contributed by atoms with Crippen LogP contribution < -0.4 is 9.47 Å². The van der Waals surface area contributed by atoms with Gasteiger partial charge in [-0.25, -0.2) is 0 Å². The van der Waals surface area contributed by atoms with Crippen molar-refractivity contribution in [3.8, 4) is 11.5 Å². The Morgan fingerprint density at radius 2 is 1.84 bits per heavy atom. The van der Waals surface area contributed by atoms with Crippen LogP contribution in [-0.4, -0.2) is 23.3 Å². The minimum atomic E-state index is -0.0589. The minimum absolute atomic E-state index is 0.0589. The highest BCUT2D eigenvalue weighted by Gasteiger charge is 1.99. The predicted octanol–water partition coefficient (Wildman–Crippen LogP) is 2.34. The fourth-order valence-electron chi connectivity index (χ4n) is 1.62. The zero-order valence-electron chi connectivity index (χ0n) is 10.9. The number of aliphatic hydroxyl groups excluding tert-OH is 1. The van der Waals surface area contributed by atoms with Crippen molar-refractivity contribution in [1.29, 1.82) is 0 Å². The zero-order chi connectivity index (χ0) is 13.5. The van der Waals surface area contributed by atoms with E-state index in [1.165, 1.54) is 0 Å². The van der Waals surface area contributed by atoms with Crippen molar-refractivity contribution in [2.45, 2.75) is 13.5 Å². The molecular weight excluding hydrogens is 242 g/mol. The summed E-state index contributed by atoms with van der Waals surface area (Å²) in [4.78, 5) is 4.03. The second-order valence-corrected chi connectivity index (χ2v) is 4.11. The fraction of sp³-hybridized carbons (Fsp3) is 0.267. The topological polar surface area (TPSA) is 51.6 Å². The lowest BCUT2D eigenvalue weighted by Crippen LogP contribution is -2.09. The number of hydrogen-bond acceptors (Lipinski definition) is 4. The molecule has 0 aliphatic rings. The van der Waals surface area contributed by atoms with Crippen molar-refractivity contribution in [3.05, 3.63) is 53.9 Å². The van der Waals surface area contributed by atoms with Crippen LogP contribution in [-0.2, 0) is 6.61 Å². The van der Waals surface area contributed by atoms with E-state index in [0.717, 1.165) is 11.3 Å². The number of nitrogens with zero attached hydrogens (tertiary/aromatic N) is 1. The number of benzene rings is 1. The standard InChI is InChI=1S/C15H17NO3/c1-12-4-2-3-5-15(12)19-9-8-18-14-7-6-13(11-17)16-10-14/h2-7,10,17H,8-9,11H2,1H3. The average Bonchev–Trinajstić information content (AvgIpc) is 2.46. The van der Waals surface area contributed by atoms with Gasteiger partial charge in [0.2, 0.25) is 0 Å². The van der Waals surface area contributed by atoms with E-state index in [4.69, 9.17) is 14.6 Å². The van der Waals surface area contributed by atoms with Crippen LogP contribution in [0.3, 0.4) is 0 Å². The largest absolute Gasteiger partial charge is 0.490 e. The Labute approximate surface area is 112 Å². The zero-order valence-corrected chi connectivity index (χ0v) is 10.9. The van der Waals surface area contributed by atoms with Crippen LogP contribution in [0.1, 0.15) is 11.3 Å². The highest BCUT2D eigenvalue weighted by Crippen LogP contribution is 2.16. The molecule has 1 heterocycles. The monoisotopic (exact) mass is 259 g/mol.